The molecular weight excluding hydrogens is 216 g/mol. The van der Waals surface area contributed by atoms with E-state index in [0.29, 0.717) is 23.8 Å². The molecule has 1 saturated heterocycles. The van der Waals surface area contributed by atoms with Gasteiger partial charge < -0.3 is 15.8 Å². The third-order valence-corrected chi connectivity index (χ3v) is 4.34. The van der Waals surface area contributed by atoms with Gasteiger partial charge in [0, 0.05) is 12.0 Å². The topological polar surface area (TPSA) is 64.3 Å². The molecule has 0 aromatic heterocycles. The summed E-state index contributed by atoms with van der Waals surface area (Å²) in [5.74, 6) is 1.83. The fourth-order valence-electron chi connectivity index (χ4n) is 3.66. The van der Waals surface area contributed by atoms with Crippen molar-refractivity contribution in [1.82, 2.24) is 5.32 Å². The van der Waals surface area contributed by atoms with Crippen LogP contribution in [-0.4, -0.2) is 24.3 Å². The Morgan fingerprint density at radius 2 is 2.24 bits per heavy atom. The lowest BCUT2D eigenvalue weighted by Crippen LogP contribution is -2.39. The molecule has 3 N–H and O–H groups in total. The van der Waals surface area contributed by atoms with E-state index < -0.39 is 11.7 Å². The molecule has 2 aliphatic rings. The highest BCUT2D eigenvalue weighted by Crippen LogP contribution is 2.58. The van der Waals surface area contributed by atoms with Crippen LogP contribution in [0.3, 0.4) is 0 Å². The Kier molecular flexibility index (Phi) is 3.34. The van der Waals surface area contributed by atoms with Crippen LogP contribution in [0.25, 0.3) is 0 Å². The van der Waals surface area contributed by atoms with Gasteiger partial charge in [0.05, 0.1) is 0 Å². The number of fused-ring (bicyclic) bond motifs is 1. The van der Waals surface area contributed by atoms with Crippen molar-refractivity contribution in [3.8, 4) is 0 Å². The van der Waals surface area contributed by atoms with Gasteiger partial charge in [-0.2, -0.15) is 0 Å². The van der Waals surface area contributed by atoms with Crippen LogP contribution in [0, 0.1) is 17.8 Å². The molecule has 0 bridgehead atoms. The highest BCUT2D eigenvalue weighted by molar-refractivity contribution is 5.65. The third-order valence-electron chi connectivity index (χ3n) is 4.34. The average Bonchev–Trinajstić information content (AvgIpc) is 2.81. The van der Waals surface area contributed by atoms with E-state index in [1.165, 1.54) is 19.3 Å². The summed E-state index contributed by atoms with van der Waals surface area (Å²) in [6, 6.07) is 0.612. The normalized spacial score (nSPS) is 35.5. The van der Waals surface area contributed by atoms with Crippen LogP contribution in [0.4, 0.5) is 4.79 Å². The van der Waals surface area contributed by atoms with E-state index in [1.807, 2.05) is 13.8 Å². The van der Waals surface area contributed by atoms with Gasteiger partial charge >= 0.3 is 6.09 Å². The average molecular weight is 240 g/mol. The SMILES string of the molecule is CCCCC1NCC2C1C2C(C)(C)OC(N)=O. The van der Waals surface area contributed by atoms with Gasteiger partial charge in [0.15, 0.2) is 0 Å². The van der Waals surface area contributed by atoms with Crippen molar-refractivity contribution in [2.45, 2.75) is 51.7 Å². The lowest BCUT2D eigenvalue weighted by molar-refractivity contribution is 0.0173. The van der Waals surface area contributed by atoms with Crippen LogP contribution in [-0.2, 0) is 4.74 Å². The van der Waals surface area contributed by atoms with Crippen LogP contribution in [0.2, 0.25) is 0 Å². The number of unbranched alkanes of at least 4 members (excludes halogenated alkanes) is 1. The quantitative estimate of drug-likeness (QED) is 0.771. The molecule has 1 heterocycles. The first kappa shape index (κ1) is 12.7. The fourth-order valence-corrected chi connectivity index (χ4v) is 3.66. The van der Waals surface area contributed by atoms with Crippen LogP contribution in [0.5, 0.6) is 0 Å². The largest absolute Gasteiger partial charge is 0.443 e. The number of nitrogens with two attached hydrogens (primary N) is 1. The number of carbonyl (C=O) groups excluding carboxylic acids is 1. The summed E-state index contributed by atoms with van der Waals surface area (Å²) >= 11 is 0. The molecule has 1 aliphatic heterocycles. The molecule has 0 radical (unpaired) electrons. The van der Waals surface area contributed by atoms with Crippen LogP contribution in [0.15, 0.2) is 0 Å². The Labute approximate surface area is 103 Å². The van der Waals surface area contributed by atoms with Gasteiger partial charge in [0.1, 0.15) is 5.60 Å². The number of rotatable bonds is 5. The molecule has 98 valence electrons. The zero-order valence-electron chi connectivity index (χ0n) is 11.0. The summed E-state index contributed by atoms with van der Waals surface area (Å²) in [5.41, 5.74) is 4.72. The van der Waals surface area contributed by atoms with E-state index in [2.05, 4.69) is 12.2 Å². The molecule has 1 amide bonds. The maximum absolute atomic E-state index is 10.9. The summed E-state index contributed by atoms with van der Waals surface area (Å²) in [6.07, 6.45) is 3.09. The molecule has 17 heavy (non-hydrogen) atoms. The van der Waals surface area contributed by atoms with Crippen molar-refractivity contribution < 1.29 is 9.53 Å². The number of piperidine rings is 1. The van der Waals surface area contributed by atoms with Crippen molar-refractivity contribution in [2.24, 2.45) is 23.5 Å². The number of ether oxygens (including phenoxy) is 1. The number of nitrogens with one attached hydrogen (secondary N) is 1. The van der Waals surface area contributed by atoms with Gasteiger partial charge in [0.25, 0.3) is 0 Å². The molecule has 2 fully saturated rings. The second-order valence-corrected chi connectivity index (χ2v) is 5.95. The summed E-state index contributed by atoms with van der Waals surface area (Å²) in [4.78, 5) is 10.9. The Morgan fingerprint density at radius 1 is 1.53 bits per heavy atom. The molecule has 0 aromatic carbocycles. The predicted molar refractivity (Wildman–Crippen MR) is 66.5 cm³/mol. The molecule has 0 aromatic rings. The summed E-state index contributed by atoms with van der Waals surface area (Å²) < 4.78 is 5.26. The Bertz CT molecular complexity index is 304. The number of hydrogen-bond donors (Lipinski definition) is 2. The van der Waals surface area contributed by atoms with E-state index in [0.717, 1.165) is 6.54 Å². The minimum absolute atomic E-state index is 0.409. The van der Waals surface area contributed by atoms with Crippen LogP contribution in [0.1, 0.15) is 40.0 Å². The Morgan fingerprint density at radius 3 is 2.82 bits per heavy atom. The third kappa shape index (κ3) is 2.41. The first-order valence-corrected chi connectivity index (χ1v) is 6.69. The highest BCUT2D eigenvalue weighted by atomic mass is 16.6. The Hall–Kier alpha value is -0.770. The van der Waals surface area contributed by atoms with Crippen molar-refractivity contribution in [1.29, 1.82) is 0 Å². The fraction of sp³-hybridized carbons (Fsp3) is 0.923. The molecule has 2 rings (SSSR count). The van der Waals surface area contributed by atoms with Crippen LogP contribution < -0.4 is 11.1 Å². The molecule has 1 saturated carbocycles. The molecular formula is C13H24N2O2. The summed E-state index contributed by atoms with van der Waals surface area (Å²) in [5, 5.41) is 3.57. The maximum atomic E-state index is 10.9. The molecule has 4 nitrogen and oxygen atoms in total. The minimum Gasteiger partial charge on any atom is -0.443 e. The molecule has 4 atom stereocenters. The van der Waals surface area contributed by atoms with Crippen LogP contribution >= 0.6 is 0 Å². The van der Waals surface area contributed by atoms with Gasteiger partial charge in [-0.15, -0.1) is 0 Å². The first-order chi connectivity index (χ1) is 7.97. The lowest BCUT2D eigenvalue weighted by atomic mass is 9.95. The lowest BCUT2D eigenvalue weighted by Gasteiger charge is -2.28. The van der Waals surface area contributed by atoms with Gasteiger partial charge in [-0.25, -0.2) is 4.79 Å². The van der Waals surface area contributed by atoms with Gasteiger partial charge in [-0.3, -0.25) is 0 Å². The second-order valence-electron chi connectivity index (χ2n) is 5.95. The zero-order valence-corrected chi connectivity index (χ0v) is 11.0. The van der Waals surface area contributed by atoms with Crippen molar-refractivity contribution in [2.75, 3.05) is 6.54 Å². The monoisotopic (exact) mass is 240 g/mol. The number of amides is 1. The molecule has 4 unspecified atom stereocenters. The predicted octanol–water partition coefficient (Wildman–Crippen LogP) is 1.88. The van der Waals surface area contributed by atoms with E-state index in [-0.39, 0.29) is 0 Å². The second kappa shape index (κ2) is 4.48. The maximum Gasteiger partial charge on any atom is 0.405 e. The van der Waals surface area contributed by atoms with Crippen molar-refractivity contribution in [3.05, 3.63) is 0 Å². The first-order valence-electron chi connectivity index (χ1n) is 6.69. The van der Waals surface area contributed by atoms with Gasteiger partial charge in [-0.05, 0) is 38.6 Å². The van der Waals surface area contributed by atoms with Gasteiger partial charge in [-0.1, -0.05) is 19.8 Å². The van der Waals surface area contributed by atoms with E-state index in [4.69, 9.17) is 10.5 Å². The van der Waals surface area contributed by atoms with Crippen molar-refractivity contribution >= 4 is 6.09 Å². The minimum atomic E-state index is -0.655. The highest BCUT2D eigenvalue weighted by Gasteiger charge is 2.64. The molecule has 1 aliphatic carbocycles. The van der Waals surface area contributed by atoms with E-state index in [1.54, 1.807) is 0 Å². The standard InChI is InChI=1S/C13H24N2O2/c1-4-5-6-9-10-8(7-15-9)11(10)13(2,3)17-12(14)16/h8-11,15H,4-7H2,1-3H3,(H2,14,16). The number of carbonyl (C=O) groups is 1. The smallest absolute Gasteiger partial charge is 0.405 e. The molecule has 0 spiro atoms. The molecule has 4 heteroatoms. The summed E-state index contributed by atoms with van der Waals surface area (Å²) in [6.45, 7) is 7.25. The van der Waals surface area contributed by atoms with Gasteiger partial charge in [0.2, 0.25) is 0 Å². The summed E-state index contributed by atoms with van der Waals surface area (Å²) in [7, 11) is 0. The van der Waals surface area contributed by atoms with E-state index >= 15 is 0 Å². The van der Waals surface area contributed by atoms with E-state index in [9.17, 15) is 4.79 Å². The number of hydrogen-bond acceptors (Lipinski definition) is 3. The number of primary amides is 1. The zero-order chi connectivity index (χ0) is 12.6. The Balaban J connectivity index is 1.92. The van der Waals surface area contributed by atoms with Crippen molar-refractivity contribution in [3.63, 3.8) is 0 Å².